The van der Waals surface area contributed by atoms with Crippen LogP contribution in [0.15, 0.2) is 72.9 Å². The first kappa shape index (κ1) is 15.5. The number of carbonyl (C=O) groups excluding carboxylic acids is 1. The number of amides is 1. The lowest BCUT2D eigenvalue weighted by Gasteiger charge is -2.07. The predicted octanol–water partition coefficient (Wildman–Crippen LogP) is 4.73. The van der Waals surface area contributed by atoms with Crippen molar-refractivity contribution < 1.29 is 9.53 Å². The van der Waals surface area contributed by atoms with Crippen LogP contribution in [0.25, 0.3) is 0 Å². The standard InChI is InChI=1S/C18H13IN2O2/c19-14-8-11-17(20-12-14)21-18(22)13-6-9-16(10-7-13)23-15-4-2-1-3-5-15/h1-12H,(H,20,21,22). The van der Waals surface area contributed by atoms with E-state index in [2.05, 4.69) is 32.9 Å². The molecule has 1 N–H and O–H groups in total. The molecule has 0 saturated carbocycles. The van der Waals surface area contributed by atoms with Crippen LogP contribution in [0.5, 0.6) is 11.5 Å². The summed E-state index contributed by atoms with van der Waals surface area (Å²) in [5.41, 5.74) is 0.547. The van der Waals surface area contributed by atoms with Crippen molar-refractivity contribution in [2.75, 3.05) is 5.32 Å². The summed E-state index contributed by atoms with van der Waals surface area (Å²) in [5.74, 6) is 1.76. The van der Waals surface area contributed by atoms with Crippen molar-refractivity contribution in [3.63, 3.8) is 0 Å². The van der Waals surface area contributed by atoms with Crippen LogP contribution in [-0.2, 0) is 0 Å². The third-order valence-electron chi connectivity index (χ3n) is 3.06. The molecule has 0 bridgehead atoms. The van der Waals surface area contributed by atoms with Gasteiger partial charge in [0.25, 0.3) is 5.91 Å². The predicted molar refractivity (Wildman–Crippen MR) is 97.9 cm³/mol. The molecule has 0 spiro atoms. The van der Waals surface area contributed by atoms with Crippen molar-refractivity contribution in [3.8, 4) is 11.5 Å². The van der Waals surface area contributed by atoms with Gasteiger partial charge in [-0.15, -0.1) is 0 Å². The van der Waals surface area contributed by atoms with Crippen LogP contribution >= 0.6 is 22.6 Å². The first-order valence-electron chi connectivity index (χ1n) is 6.96. The number of nitrogens with one attached hydrogen (secondary N) is 1. The normalized spacial score (nSPS) is 10.1. The fourth-order valence-corrected chi connectivity index (χ4v) is 2.26. The minimum atomic E-state index is -0.204. The molecule has 114 valence electrons. The zero-order valence-corrected chi connectivity index (χ0v) is 14.2. The summed E-state index contributed by atoms with van der Waals surface area (Å²) in [7, 11) is 0. The van der Waals surface area contributed by atoms with E-state index in [1.165, 1.54) is 0 Å². The minimum absolute atomic E-state index is 0.204. The number of carbonyl (C=O) groups is 1. The van der Waals surface area contributed by atoms with Crippen LogP contribution in [0.4, 0.5) is 5.82 Å². The number of aromatic nitrogens is 1. The van der Waals surface area contributed by atoms with E-state index in [1.807, 2.05) is 36.4 Å². The fourth-order valence-electron chi connectivity index (χ4n) is 1.94. The fraction of sp³-hybridized carbons (Fsp3) is 0. The van der Waals surface area contributed by atoms with E-state index < -0.39 is 0 Å². The van der Waals surface area contributed by atoms with Crippen LogP contribution in [-0.4, -0.2) is 10.9 Å². The van der Waals surface area contributed by atoms with E-state index in [1.54, 1.807) is 36.5 Å². The number of halogens is 1. The molecule has 0 radical (unpaired) electrons. The van der Waals surface area contributed by atoms with E-state index >= 15 is 0 Å². The highest BCUT2D eigenvalue weighted by molar-refractivity contribution is 14.1. The SMILES string of the molecule is O=C(Nc1ccc(I)cn1)c1ccc(Oc2ccccc2)cc1. The number of anilines is 1. The largest absolute Gasteiger partial charge is 0.457 e. The van der Waals surface area contributed by atoms with Gasteiger partial charge in [-0.2, -0.15) is 0 Å². The number of hydrogen-bond acceptors (Lipinski definition) is 3. The molecule has 3 rings (SSSR count). The summed E-state index contributed by atoms with van der Waals surface area (Å²) in [5, 5.41) is 2.76. The molecule has 0 saturated heterocycles. The number of pyridine rings is 1. The molecule has 23 heavy (non-hydrogen) atoms. The van der Waals surface area contributed by atoms with Crippen molar-refractivity contribution in [1.82, 2.24) is 4.98 Å². The molecule has 3 aromatic rings. The van der Waals surface area contributed by atoms with Crippen molar-refractivity contribution in [2.24, 2.45) is 0 Å². The lowest BCUT2D eigenvalue weighted by atomic mass is 10.2. The van der Waals surface area contributed by atoms with Gasteiger partial charge in [0.1, 0.15) is 17.3 Å². The second kappa shape index (κ2) is 7.23. The zero-order chi connectivity index (χ0) is 16.1. The maximum absolute atomic E-state index is 12.2. The van der Waals surface area contributed by atoms with Gasteiger partial charge in [-0.25, -0.2) is 4.98 Å². The van der Waals surface area contributed by atoms with Crippen molar-refractivity contribution in [2.45, 2.75) is 0 Å². The van der Waals surface area contributed by atoms with Gasteiger partial charge in [-0.05, 0) is 71.1 Å². The Balaban J connectivity index is 1.66. The first-order valence-corrected chi connectivity index (χ1v) is 8.04. The summed E-state index contributed by atoms with van der Waals surface area (Å²) < 4.78 is 6.72. The lowest BCUT2D eigenvalue weighted by Crippen LogP contribution is -2.12. The second-order valence-electron chi connectivity index (χ2n) is 4.76. The van der Waals surface area contributed by atoms with Gasteiger partial charge in [0.15, 0.2) is 0 Å². The van der Waals surface area contributed by atoms with Crippen LogP contribution < -0.4 is 10.1 Å². The smallest absolute Gasteiger partial charge is 0.256 e. The maximum atomic E-state index is 12.2. The molecule has 1 amide bonds. The van der Waals surface area contributed by atoms with Gasteiger partial charge >= 0.3 is 0 Å². The molecule has 2 aromatic carbocycles. The van der Waals surface area contributed by atoms with E-state index in [0.717, 1.165) is 9.32 Å². The average molecular weight is 416 g/mol. The van der Waals surface area contributed by atoms with E-state index in [4.69, 9.17) is 4.74 Å². The third kappa shape index (κ3) is 4.29. The Bertz CT molecular complexity index is 788. The molecule has 5 heteroatoms. The molecule has 0 fully saturated rings. The molecule has 4 nitrogen and oxygen atoms in total. The van der Waals surface area contributed by atoms with Crippen LogP contribution in [0.3, 0.4) is 0 Å². The second-order valence-corrected chi connectivity index (χ2v) is 6.00. The van der Waals surface area contributed by atoms with E-state index in [9.17, 15) is 4.79 Å². The molecule has 0 atom stereocenters. The van der Waals surface area contributed by atoms with Gasteiger partial charge in [0, 0.05) is 15.3 Å². The molecular formula is C18H13IN2O2. The Morgan fingerprint density at radius 3 is 2.26 bits per heavy atom. The van der Waals surface area contributed by atoms with E-state index in [-0.39, 0.29) is 5.91 Å². The monoisotopic (exact) mass is 416 g/mol. The van der Waals surface area contributed by atoms with Gasteiger partial charge < -0.3 is 10.1 Å². The summed E-state index contributed by atoms with van der Waals surface area (Å²) in [6, 6.07) is 20.1. The Hall–Kier alpha value is -2.41. The average Bonchev–Trinajstić information content (AvgIpc) is 2.58. The molecule has 0 aliphatic carbocycles. The van der Waals surface area contributed by atoms with E-state index in [0.29, 0.717) is 17.1 Å². The highest BCUT2D eigenvalue weighted by Gasteiger charge is 2.07. The molecule has 1 heterocycles. The Morgan fingerprint density at radius 2 is 1.61 bits per heavy atom. The summed E-state index contributed by atoms with van der Waals surface area (Å²) in [4.78, 5) is 16.3. The highest BCUT2D eigenvalue weighted by atomic mass is 127. The molecular weight excluding hydrogens is 403 g/mol. The Labute approximate surface area is 147 Å². The van der Waals surface area contributed by atoms with Crippen molar-refractivity contribution in [1.29, 1.82) is 0 Å². The quantitative estimate of drug-likeness (QED) is 0.626. The van der Waals surface area contributed by atoms with Crippen LogP contribution in [0, 0.1) is 3.57 Å². The number of hydrogen-bond donors (Lipinski definition) is 1. The number of para-hydroxylation sites is 1. The third-order valence-corrected chi connectivity index (χ3v) is 3.70. The molecule has 1 aromatic heterocycles. The summed E-state index contributed by atoms with van der Waals surface area (Å²) in [6.45, 7) is 0. The molecule has 0 unspecified atom stereocenters. The van der Waals surface area contributed by atoms with Gasteiger partial charge in [-0.3, -0.25) is 4.79 Å². The van der Waals surface area contributed by atoms with Crippen molar-refractivity contribution >= 4 is 34.3 Å². The molecule has 0 aliphatic heterocycles. The number of nitrogens with zero attached hydrogens (tertiary/aromatic N) is 1. The highest BCUT2D eigenvalue weighted by Crippen LogP contribution is 2.21. The Morgan fingerprint density at radius 1 is 0.913 bits per heavy atom. The first-order chi connectivity index (χ1) is 11.2. The van der Waals surface area contributed by atoms with Gasteiger partial charge in [-0.1, -0.05) is 18.2 Å². The van der Waals surface area contributed by atoms with Crippen LogP contribution in [0.2, 0.25) is 0 Å². The molecule has 0 aliphatic rings. The lowest BCUT2D eigenvalue weighted by molar-refractivity contribution is 0.102. The van der Waals surface area contributed by atoms with Crippen molar-refractivity contribution in [3.05, 3.63) is 82.1 Å². The van der Waals surface area contributed by atoms with Crippen LogP contribution in [0.1, 0.15) is 10.4 Å². The Kier molecular flexibility index (Phi) is 4.87. The number of benzene rings is 2. The maximum Gasteiger partial charge on any atom is 0.256 e. The summed E-state index contributed by atoms with van der Waals surface area (Å²) in [6.07, 6.45) is 1.70. The number of rotatable bonds is 4. The van der Waals surface area contributed by atoms with Gasteiger partial charge in [0.2, 0.25) is 0 Å². The minimum Gasteiger partial charge on any atom is -0.457 e. The number of ether oxygens (including phenoxy) is 1. The zero-order valence-electron chi connectivity index (χ0n) is 12.1. The summed E-state index contributed by atoms with van der Waals surface area (Å²) >= 11 is 2.17. The van der Waals surface area contributed by atoms with Gasteiger partial charge in [0.05, 0.1) is 0 Å². The topological polar surface area (TPSA) is 51.2 Å².